The summed E-state index contributed by atoms with van der Waals surface area (Å²) < 4.78 is 5.51. The Kier molecular flexibility index (Phi) is 4.79. The lowest BCUT2D eigenvalue weighted by molar-refractivity contribution is 0.227. The molecule has 0 aromatic rings. The van der Waals surface area contributed by atoms with Gasteiger partial charge in [0.15, 0.2) is 0 Å². The highest BCUT2D eigenvalue weighted by Crippen LogP contribution is 2.41. The maximum Gasteiger partial charge on any atom is 0.110 e. The minimum atomic E-state index is -0.292. The quantitative estimate of drug-likeness (QED) is 0.717. The second-order valence-corrected chi connectivity index (χ2v) is 6.85. The lowest BCUT2D eigenvalue weighted by atomic mass is 9.70. The average molecular weight is 301 g/mol. The van der Waals surface area contributed by atoms with E-state index in [4.69, 9.17) is 41.4 Å². The van der Waals surface area contributed by atoms with Gasteiger partial charge in [-0.1, -0.05) is 50.5 Å². The Balaban J connectivity index is 3.38. The van der Waals surface area contributed by atoms with E-state index in [1.807, 2.05) is 6.92 Å². The van der Waals surface area contributed by atoms with E-state index >= 15 is 0 Å². The number of rotatable bonds is 3. The Hall–Kier alpha value is -0.190. The third kappa shape index (κ3) is 2.43. The average Bonchev–Trinajstić information content (AvgIpc) is 2.27. The van der Waals surface area contributed by atoms with Crippen LogP contribution in [0.4, 0.5) is 0 Å². The van der Waals surface area contributed by atoms with Gasteiger partial charge in [-0.15, -0.1) is 0 Å². The fourth-order valence-electron chi connectivity index (χ4n) is 2.39. The molecule has 1 aliphatic carbocycles. The normalized spacial score (nSPS) is 23.6. The van der Waals surface area contributed by atoms with Gasteiger partial charge in [0.1, 0.15) is 5.76 Å². The molecule has 4 heteroatoms. The van der Waals surface area contributed by atoms with Crippen molar-refractivity contribution < 1.29 is 4.74 Å². The fraction of sp³-hybridized carbons (Fsp3) is 0.643. The Morgan fingerprint density at radius 3 is 2.17 bits per heavy atom. The van der Waals surface area contributed by atoms with Crippen LogP contribution in [0.15, 0.2) is 11.3 Å². The topological polar surface area (TPSA) is 9.23 Å². The van der Waals surface area contributed by atoms with E-state index in [1.54, 1.807) is 7.11 Å². The molecule has 0 saturated heterocycles. The van der Waals surface area contributed by atoms with Gasteiger partial charge in [-0.05, 0) is 26.7 Å². The summed E-state index contributed by atoms with van der Waals surface area (Å²) in [5, 5.41) is 0. The van der Waals surface area contributed by atoms with Crippen LogP contribution in [0.1, 0.15) is 34.6 Å². The smallest absolute Gasteiger partial charge is 0.110 e. The zero-order valence-electron chi connectivity index (χ0n) is 11.8. The van der Waals surface area contributed by atoms with Crippen molar-refractivity contribution in [3.05, 3.63) is 11.3 Å². The largest absolute Gasteiger partial charge is 0.500 e. The van der Waals surface area contributed by atoms with Gasteiger partial charge in [0.25, 0.3) is 0 Å². The van der Waals surface area contributed by atoms with Crippen molar-refractivity contribution >= 4 is 51.2 Å². The molecule has 0 aromatic heterocycles. The molecule has 0 N–H and O–H groups in total. The van der Waals surface area contributed by atoms with Crippen molar-refractivity contribution in [3.8, 4) is 0 Å². The number of thiocarbonyl (C=S) groups is 3. The van der Waals surface area contributed by atoms with Crippen molar-refractivity contribution in [1.29, 1.82) is 0 Å². The Morgan fingerprint density at radius 2 is 1.78 bits per heavy atom. The van der Waals surface area contributed by atoms with Crippen LogP contribution >= 0.6 is 36.7 Å². The molecule has 0 aromatic carbocycles. The fourth-order valence-corrected chi connectivity index (χ4v) is 3.52. The molecule has 0 heterocycles. The van der Waals surface area contributed by atoms with E-state index in [-0.39, 0.29) is 11.3 Å². The predicted molar refractivity (Wildman–Crippen MR) is 89.6 cm³/mol. The van der Waals surface area contributed by atoms with Gasteiger partial charge in [-0.2, -0.15) is 0 Å². The molecule has 18 heavy (non-hydrogen) atoms. The lowest BCUT2D eigenvalue weighted by Gasteiger charge is -2.39. The zero-order valence-corrected chi connectivity index (χ0v) is 14.2. The molecule has 0 aliphatic heterocycles. The van der Waals surface area contributed by atoms with E-state index in [2.05, 4.69) is 27.7 Å². The van der Waals surface area contributed by atoms with Gasteiger partial charge < -0.3 is 4.74 Å². The van der Waals surface area contributed by atoms with Crippen LogP contribution in [-0.4, -0.2) is 21.7 Å². The minimum Gasteiger partial charge on any atom is -0.500 e. The molecule has 100 valence electrons. The molecule has 1 rings (SSSR count). The first-order valence-corrected chi connectivity index (χ1v) is 7.26. The highest BCUT2D eigenvalue weighted by molar-refractivity contribution is 7.84. The molecular formula is C14H20OS3. The molecule has 0 fully saturated rings. The number of methoxy groups -OCH3 is 1. The first-order valence-electron chi connectivity index (χ1n) is 6.03. The van der Waals surface area contributed by atoms with Gasteiger partial charge in [-0.3, -0.25) is 0 Å². The lowest BCUT2D eigenvalue weighted by Crippen LogP contribution is -2.45. The number of hydrogen-bond donors (Lipinski definition) is 0. The van der Waals surface area contributed by atoms with E-state index in [1.165, 1.54) is 0 Å². The van der Waals surface area contributed by atoms with Gasteiger partial charge in [0.05, 0.1) is 18.4 Å². The van der Waals surface area contributed by atoms with Gasteiger partial charge >= 0.3 is 0 Å². The standard InChI is InChI=1S/C14H20OS3/c1-7(2)10(16)9-11(17)8(3)12(15-6)14(4,5)13(9)18/h7,9H,1-6H3. The molecule has 0 amide bonds. The summed E-state index contributed by atoms with van der Waals surface area (Å²) in [6.45, 7) is 10.3. The number of ether oxygens (including phenoxy) is 1. The third-order valence-electron chi connectivity index (χ3n) is 3.48. The first kappa shape index (κ1) is 15.9. The summed E-state index contributed by atoms with van der Waals surface area (Å²) in [5.41, 5.74) is 0.721. The van der Waals surface area contributed by atoms with Crippen molar-refractivity contribution in [2.24, 2.45) is 17.3 Å². The monoisotopic (exact) mass is 300 g/mol. The van der Waals surface area contributed by atoms with Gasteiger partial charge in [0.2, 0.25) is 0 Å². The van der Waals surface area contributed by atoms with Crippen LogP contribution in [0.3, 0.4) is 0 Å². The third-order valence-corrected chi connectivity index (χ3v) is 5.47. The van der Waals surface area contributed by atoms with Gasteiger partial charge in [0, 0.05) is 20.2 Å². The zero-order chi connectivity index (χ0) is 14.2. The predicted octanol–water partition coefficient (Wildman–Crippen LogP) is 4.33. The maximum atomic E-state index is 5.64. The Bertz CT molecular complexity index is 444. The summed E-state index contributed by atoms with van der Waals surface area (Å²) in [6.07, 6.45) is 0. The molecule has 1 unspecified atom stereocenters. The Morgan fingerprint density at radius 1 is 1.28 bits per heavy atom. The van der Waals surface area contributed by atoms with Crippen molar-refractivity contribution in [3.63, 3.8) is 0 Å². The van der Waals surface area contributed by atoms with Crippen LogP contribution in [0.25, 0.3) is 0 Å². The summed E-state index contributed by atoms with van der Waals surface area (Å²) >= 11 is 16.7. The number of allylic oxidation sites excluding steroid dienone is 2. The first-order chi connectivity index (χ1) is 8.16. The second kappa shape index (κ2) is 5.43. The summed E-state index contributed by atoms with van der Waals surface area (Å²) in [4.78, 5) is 2.65. The van der Waals surface area contributed by atoms with Crippen LogP contribution in [0, 0.1) is 17.3 Å². The molecule has 1 aliphatic rings. The summed E-state index contributed by atoms with van der Waals surface area (Å²) in [5.74, 6) is 1.12. The summed E-state index contributed by atoms with van der Waals surface area (Å²) in [7, 11) is 1.67. The second-order valence-electron chi connectivity index (χ2n) is 5.50. The number of hydrogen-bond acceptors (Lipinski definition) is 4. The molecule has 0 radical (unpaired) electrons. The van der Waals surface area contributed by atoms with Crippen LogP contribution in [0.2, 0.25) is 0 Å². The van der Waals surface area contributed by atoms with Gasteiger partial charge in [-0.25, -0.2) is 0 Å². The van der Waals surface area contributed by atoms with E-state index in [0.717, 1.165) is 25.9 Å². The highest BCUT2D eigenvalue weighted by Gasteiger charge is 2.44. The maximum absolute atomic E-state index is 5.64. The van der Waals surface area contributed by atoms with E-state index < -0.39 is 0 Å². The Labute approximate surface area is 126 Å². The highest BCUT2D eigenvalue weighted by atomic mass is 32.1. The molecule has 0 bridgehead atoms. The van der Waals surface area contributed by atoms with Crippen molar-refractivity contribution in [1.82, 2.24) is 0 Å². The molecule has 0 saturated carbocycles. The van der Waals surface area contributed by atoms with E-state index in [0.29, 0.717) is 5.92 Å². The van der Waals surface area contributed by atoms with Crippen LogP contribution in [0.5, 0.6) is 0 Å². The van der Waals surface area contributed by atoms with Crippen LogP contribution in [-0.2, 0) is 4.74 Å². The minimum absolute atomic E-state index is 0.0566. The molecule has 1 nitrogen and oxygen atoms in total. The van der Waals surface area contributed by atoms with Crippen molar-refractivity contribution in [2.45, 2.75) is 34.6 Å². The van der Waals surface area contributed by atoms with Crippen molar-refractivity contribution in [2.75, 3.05) is 7.11 Å². The SMILES string of the molecule is COC1=C(C)C(=S)C(C(=S)C(C)C)C(=S)C1(C)C. The van der Waals surface area contributed by atoms with Crippen LogP contribution < -0.4 is 0 Å². The summed E-state index contributed by atoms with van der Waals surface area (Å²) in [6, 6.07) is 0. The molecular weight excluding hydrogens is 280 g/mol. The molecule has 0 spiro atoms. The molecule has 1 atom stereocenters. The van der Waals surface area contributed by atoms with E-state index in [9.17, 15) is 0 Å².